The van der Waals surface area contributed by atoms with Crippen LogP contribution in [-0.2, 0) is 4.74 Å². The van der Waals surface area contributed by atoms with Crippen molar-refractivity contribution in [3.05, 3.63) is 0 Å². The minimum atomic E-state index is 0.597. The van der Waals surface area contributed by atoms with Gasteiger partial charge in [0.2, 0.25) is 0 Å². The number of hydrogen-bond acceptors (Lipinski definition) is 1. The fraction of sp³-hybridized carbons (Fsp3) is 1.00. The molecule has 1 fully saturated rings. The molecule has 1 rings (SSSR count). The smallest absolute Gasteiger partial charge is 0.0573 e. The third-order valence-electron chi connectivity index (χ3n) is 2.94. The molecular formula is C14H30O. The van der Waals surface area contributed by atoms with E-state index in [-0.39, 0.29) is 0 Å². The lowest BCUT2D eigenvalue weighted by Crippen LogP contribution is -2.00. The maximum Gasteiger partial charge on any atom is 0.0573 e. The Morgan fingerprint density at radius 1 is 0.933 bits per heavy atom. The molecule has 1 heteroatoms. The van der Waals surface area contributed by atoms with Gasteiger partial charge in [-0.25, -0.2) is 0 Å². The largest absolute Gasteiger partial charge is 0.378 e. The highest BCUT2D eigenvalue weighted by Gasteiger charge is 2.11. The molecule has 0 aromatic rings. The Morgan fingerprint density at radius 2 is 1.53 bits per heavy atom. The quantitative estimate of drug-likeness (QED) is 0.569. The second kappa shape index (κ2) is 12.0. The van der Waals surface area contributed by atoms with Crippen LogP contribution in [0, 0.1) is 0 Å². The molecule has 0 aliphatic carbocycles. The number of rotatable bonds is 6. The predicted octanol–water partition coefficient (Wildman–Crippen LogP) is 4.94. The molecule has 1 aliphatic heterocycles. The molecule has 15 heavy (non-hydrogen) atoms. The Kier molecular flexibility index (Phi) is 12.0. The highest BCUT2D eigenvalue weighted by atomic mass is 16.5. The standard InChI is InChI=1S/C8H18.C6H12O/c1-3-5-7-8-6-4-2;1-2-6-4-3-5-7-6/h3-8H2,1-2H3;6H,2-5H2,1H3. The van der Waals surface area contributed by atoms with Gasteiger partial charge < -0.3 is 4.74 Å². The zero-order valence-electron chi connectivity index (χ0n) is 11.1. The third kappa shape index (κ3) is 10.2. The zero-order valence-corrected chi connectivity index (χ0v) is 11.1. The van der Waals surface area contributed by atoms with Crippen molar-refractivity contribution < 1.29 is 4.74 Å². The van der Waals surface area contributed by atoms with E-state index < -0.39 is 0 Å². The lowest BCUT2D eigenvalue weighted by molar-refractivity contribution is 0.108. The average molecular weight is 214 g/mol. The first-order valence-corrected chi connectivity index (χ1v) is 6.96. The molecule has 1 atom stereocenters. The van der Waals surface area contributed by atoms with Gasteiger partial charge in [-0.05, 0) is 19.3 Å². The van der Waals surface area contributed by atoms with Crippen LogP contribution in [0.25, 0.3) is 0 Å². The second-order valence-electron chi connectivity index (χ2n) is 4.46. The first kappa shape index (κ1) is 15.0. The first-order chi connectivity index (χ1) is 7.35. The minimum Gasteiger partial charge on any atom is -0.378 e. The van der Waals surface area contributed by atoms with E-state index >= 15 is 0 Å². The van der Waals surface area contributed by atoms with E-state index in [1.165, 1.54) is 57.8 Å². The summed E-state index contributed by atoms with van der Waals surface area (Å²) in [5.41, 5.74) is 0. The molecule has 0 aromatic carbocycles. The van der Waals surface area contributed by atoms with Crippen molar-refractivity contribution >= 4 is 0 Å². The van der Waals surface area contributed by atoms with Gasteiger partial charge >= 0.3 is 0 Å². The summed E-state index contributed by atoms with van der Waals surface area (Å²) in [6, 6.07) is 0. The fourth-order valence-electron chi connectivity index (χ4n) is 1.82. The number of ether oxygens (including phenoxy) is 1. The highest BCUT2D eigenvalue weighted by molar-refractivity contribution is 4.60. The van der Waals surface area contributed by atoms with E-state index in [0.29, 0.717) is 6.10 Å². The van der Waals surface area contributed by atoms with Crippen LogP contribution in [0.2, 0.25) is 0 Å². The van der Waals surface area contributed by atoms with Gasteiger partial charge in [0.1, 0.15) is 0 Å². The molecule has 1 unspecified atom stereocenters. The van der Waals surface area contributed by atoms with Gasteiger partial charge in [0.05, 0.1) is 6.10 Å². The summed E-state index contributed by atoms with van der Waals surface area (Å²) in [7, 11) is 0. The summed E-state index contributed by atoms with van der Waals surface area (Å²) in [5.74, 6) is 0. The van der Waals surface area contributed by atoms with Crippen LogP contribution < -0.4 is 0 Å². The van der Waals surface area contributed by atoms with Crippen molar-refractivity contribution in [1.82, 2.24) is 0 Å². The molecule has 0 aromatic heterocycles. The molecule has 0 saturated carbocycles. The Labute approximate surface area is 96.6 Å². The normalized spacial score (nSPS) is 19.8. The lowest BCUT2D eigenvalue weighted by atomic mass is 10.1. The van der Waals surface area contributed by atoms with Crippen molar-refractivity contribution in [3.8, 4) is 0 Å². The van der Waals surface area contributed by atoms with Crippen LogP contribution >= 0.6 is 0 Å². The number of unbranched alkanes of at least 4 members (excludes halogenated alkanes) is 5. The molecule has 1 heterocycles. The molecule has 0 radical (unpaired) electrons. The average Bonchev–Trinajstić information content (AvgIpc) is 2.78. The lowest BCUT2D eigenvalue weighted by Gasteiger charge is -2.01. The SMILES string of the molecule is CCC1CCCO1.CCCCCCCC. The fourth-order valence-corrected chi connectivity index (χ4v) is 1.82. The maximum absolute atomic E-state index is 5.30. The van der Waals surface area contributed by atoms with Crippen LogP contribution in [-0.4, -0.2) is 12.7 Å². The van der Waals surface area contributed by atoms with Gasteiger partial charge in [-0.3, -0.25) is 0 Å². The molecule has 0 amide bonds. The van der Waals surface area contributed by atoms with E-state index in [9.17, 15) is 0 Å². The summed E-state index contributed by atoms with van der Waals surface area (Å²) >= 11 is 0. The maximum atomic E-state index is 5.30. The van der Waals surface area contributed by atoms with Crippen molar-refractivity contribution in [2.75, 3.05) is 6.61 Å². The van der Waals surface area contributed by atoms with Crippen LogP contribution in [0.4, 0.5) is 0 Å². The van der Waals surface area contributed by atoms with Crippen LogP contribution in [0.1, 0.15) is 78.6 Å². The van der Waals surface area contributed by atoms with Crippen molar-refractivity contribution in [2.24, 2.45) is 0 Å². The summed E-state index contributed by atoms with van der Waals surface area (Å²) < 4.78 is 5.30. The van der Waals surface area contributed by atoms with Crippen molar-refractivity contribution in [3.63, 3.8) is 0 Å². The first-order valence-electron chi connectivity index (χ1n) is 6.96. The second-order valence-corrected chi connectivity index (χ2v) is 4.46. The number of hydrogen-bond donors (Lipinski definition) is 0. The van der Waals surface area contributed by atoms with Crippen LogP contribution in [0.5, 0.6) is 0 Å². The zero-order chi connectivity index (χ0) is 11.4. The van der Waals surface area contributed by atoms with Crippen molar-refractivity contribution in [1.29, 1.82) is 0 Å². The Balaban J connectivity index is 0.000000262. The molecule has 0 N–H and O–H groups in total. The van der Waals surface area contributed by atoms with Gasteiger partial charge in [0.25, 0.3) is 0 Å². The predicted molar refractivity (Wildman–Crippen MR) is 68.3 cm³/mol. The van der Waals surface area contributed by atoms with Gasteiger partial charge in [-0.2, -0.15) is 0 Å². The summed E-state index contributed by atoms with van der Waals surface area (Å²) in [5, 5.41) is 0. The molecule has 0 bridgehead atoms. The minimum absolute atomic E-state index is 0.597. The Hall–Kier alpha value is -0.0400. The van der Waals surface area contributed by atoms with E-state index in [1.54, 1.807) is 0 Å². The molecular weight excluding hydrogens is 184 g/mol. The molecule has 92 valence electrons. The highest BCUT2D eigenvalue weighted by Crippen LogP contribution is 2.13. The monoisotopic (exact) mass is 214 g/mol. The summed E-state index contributed by atoms with van der Waals surface area (Å²) in [4.78, 5) is 0. The van der Waals surface area contributed by atoms with Gasteiger partial charge in [0, 0.05) is 6.61 Å². The Bertz CT molecular complexity index is 99.9. The molecule has 1 saturated heterocycles. The van der Waals surface area contributed by atoms with Crippen molar-refractivity contribution in [2.45, 2.75) is 84.7 Å². The van der Waals surface area contributed by atoms with Gasteiger partial charge in [-0.15, -0.1) is 0 Å². The molecule has 1 aliphatic rings. The van der Waals surface area contributed by atoms with E-state index in [4.69, 9.17) is 4.74 Å². The van der Waals surface area contributed by atoms with E-state index in [2.05, 4.69) is 20.8 Å². The summed E-state index contributed by atoms with van der Waals surface area (Å²) in [6.45, 7) is 7.69. The summed E-state index contributed by atoms with van der Waals surface area (Å²) in [6.07, 6.45) is 12.8. The Morgan fingerprint density at radius 3 is 1.80 bits per heavy atom. The van der Waals surface area contributed by atoms with E-state index in [0.717, 1.165) is 6.61 Å². The van der Waals surface area contributed by atoms with E-state index in [1.807, 2.05) is 0 Å². The topological polar surface area (TPSA) is 9.23 Å². The van der Waals surface area contributed by atoms with Crippen LogP contribution in [0.15, 0.2) is 0 Å². The molecule has 1 nitrogen and oxygen atoms in total. The van der Waals surface area contributed by atoms with Gasteiger partial charge in [-0.1, -0.05) is 59.3 Å². The molecule has 0 spiro atoms. The third-order valence-corrected chi connectivity index (χ3v) is 2.94. The van der Waals surface area contributed by atoms with Gasteiger partial charge in [0.15, 0.2) is 0 Å². The van der Waals surface area contributed by atoms with Crippen LogP contribution in [0.3, 0.4) is 0 Å².